The van der Waals surface area contributed by atoms with E-state index in [0.717, 1.165) is 5.69 Å². The maximum absolute atomic E-state index is 11.8. The molecule has 0 saturated carbocycles. The van der Waals surface area contributed by atoms with E-state index in [-0.39, 0.29) is 11.9 Å². The molecule has 1 amide bonds. The lowest BCUT2D eigenvalue weighted by atomic mass is 10.1. The third-order valence-corrected chi connectivity index (χ3v) is 3.45. The normalized spacial score (nSPS) is 11.9. The average molecular weight is 303 g/mol. The van der Waals surface area contributed by atoms with E-state index in [1.165, 1.54) is 5.56 Å². The van der Waals surface area contributed by atoms with Crippen LogP contribution in [0.5, 0.6) is 0 Å². The molecule has 21 heavy (non-hydrogen) atoms. The zero-order valence-corrected chi connectivity index (χ0v) is 12.7. The lowest BCUT2D eigenvalue weighted by molar-refractivity contribution is -0.116. The third-order valence-electron chi connectivity index (χ3n) is 3.21. The summed E-state index contributed by atoms with van der Waals surface area (Å²) < 4.78 is 0. The lowest BCUT2D eigenvalue weighted by Gasteiger charge is -2.14. The molecule has 0 spiro atoms. The van der Waals surface area contributed by atoms with Crippen LogP contribution < -0.4 is 10.6 Å². The highest BCUT2D eigenvalue weighted by Crippen LogP contribution is 2.15. The molecule has 2 rings (SSSR count). The Morgan fingerprint density at radius 1 is 1.14 bits per heavy atom. The van der Waals surface area contributed by atoms with E-state index >= 15 is 0 Å². The number of rotatable bonds is 6. The highest BCUT2D eigenvalue weighted by atomic mass is 35.5. The highest BCUT2D eigenvalue weighted by molar-refractivity contribution is 6.30. The fourth-order valence-electron chi connectivity index (χ4n) is 2.05. The van der Waals surface area contributed by atoms with Crippen LogP contribution in [0.4, 0.5) is 5.69 Å². The Kier molecular flexibility index (Phi) is 5.78. The number of nitrogens with one attached hydrogen (secondary N) is 2. The molecule has 0 saturated heterocycles. The van der Waals surface area contributed by atoms with Crippen LogP contribution in [0.1, 0.15) is 24.9 Å². The van der Waals surface area contributed by atoms with Gasteiger partial charge in [-0.05, 0) is 30.7 Å². The molecule has 0 fully saturated rings. The van der Waals surface area contributed by atoms with Crippen LogP contribution in [0.3, 0.4) is 0 Å². The van der Waals surface area contributed by atoms with Gasteiger partial charge < -0.3 is 10.6 Å². The van der Waals surface area contributed by atoms with Crippen molar-refractivity contribution in [1.82, 2.24) is 5.32 Å². The number of hydrogen-bond acceptors (Lipinski definition) is 2. The molecule has 0 aromatic heterocycles. The fourth-order valence-corrected chi connectivity index (χ4v) is 2.24. The number of hydrogen-bond donors (Lipinski definition) is 2. The maximum Gasteiger partial charge on any atom is 0.225 e. The summed E-state index contributed by atoms with van der Waals surface area (Å²) in [6.07, 6.45) is 0.420. The van der Waals surface area contributed by atoms with Gasteiger partial charge in [0.05, 0.1) is 0 Å². The van der Waals surface area contributed by atoms with E-state index in [1.807, 2.05) is 30.3 Å². The van der Waals surface area contributed by atoms with E-state index in [0.29, 0.717) is 18.0 Å². The van der Waals surface area contributed by atoms with Crippen molar-refractivity contribution in [3.63, 3.8) is 0 Å². The molecular weight excluding hydrogens is 284 g/mol. The van der Waals surface area contributed by atoms with Gasteiger partial charge in [-0.15, -0.1) is 0 Å². The van der Waals surface area contributed by atoms with Crippen LogP contribution in [-0.4, -0.2) is 12.5 Å². The predicted molar refractivity (Wildman–Crippen MR) is 87.6 cm³/mol. The summed E-state index contributed by atoms with van der Waals surface area (Å²) in [6.45, 7) is 2.71. The molecule has 2 aromatic carbocycles. The Labute approximate surface area is 130 Å². The van der Waals surface area contributed by atoms with Gasteiger partial charge in [-0.2, -0.15) is 0 Å². The number of carbonyl (C=O) groups is 1. The summed E-state index contributed by atoms with van der Waals surface area (Å²) in [5.41, 5.74) is 1.94. The Morgan fingerprint density at radius 3 is 2.62 bits per heavy atom. The smallest absolute Gasteiger partial charge is 0.225 e. The first kappa shape index (κ1) is 15.5. The second kappa shape index (κ2) is 7.81. The fraction of sp³-hybridized carbons (Fsp3) is 0.235. The highest BCUT2D eigenvalue weighted by Gasteiger charge is 2.06. The van der Waals surface area contributed by atoms with Gasteiger partial charge in [0.2, 0.25) is 5.91 Å². The van der Waals surface area contributed by atoms with Crippen LogP contribution >= 0.6 is 11.6 Å². The number of carbonyl (C=O) groups excluding carboxylic acids is 1. The molecule has 2 aromatic rings. The number of anilines is 1. The van der Waals surface area contributed by atoms with Crippen LogP contribution in [-0.2, 0) is 4.79 Å². The topological polar surface area (TPSA) is 41.1 Å². The largest absolute Gasteiger partial charge is 0.326 e. The molecule has 110 valence electrons. The first-order valence-electron chi connectivity index (χ1n) is 6.99. The molecule has 4 heteroatoms. The van der Waals surface area contributed by atoms with Crippen molar-refractivity contribution < 1.29 is 4.79 Å². The third kappa shape index (κ3) is 5.21. The molecule has 2 N–H and O–H groups in total. The molecule has 0 radical (unpaired) electrons. The molecule has 0 bridgehead atoms. The zero-order chi connectivity index (χ0) is 15.1. The zero-order valence-electron chi connectivity index (χ0n) is 12.0. The second-order valence-corrected chi connectivity index (χ2v) is 5.33. The standard InChI is InChI=1S/C17H19ClN2O/c1-13(14-6-3-2-4-7-14)19-11-10-17(21)20-16-9-5-8-15(18)12-16/h2-9,12-13,19H,10-11H2,1H3,(H,20,21). The van der Waals surface area contributed by atoms with E-state index < -0.39 is 0 Å². The van der Waals surface area contributed by atoms with Gasteiger partial charge in [-0.25, -0.2) is 0 Å². The van der Waals surface area contributed by atoms with E-state index in [2.05, 4.69) is 29.7 Å². The first-order chi connectivity index (χ1) is 10.1. The summed E-state index contributed by atoms with van der Waals surface area (Å²) in [4.78, 5) is 11.8. The second-order valence-electron chi connectivity index (χ2n) is 4.90. The summed E-state index contributed by atoms with van der Waals surface area (Å²) in [7, 11) is 0. The van der Waals surface area contributed by atoms with Gasteiger partial charge in [-0.3, -0.25) is 4.79 Å². The van der Waals surface area contributed by atoms with Crippen molar-refractivity contribution >= 4 is 23.2 Å². The monoisotopic (exact) mass is 302 g/mol. The van der Waals surface area contributed by atoms with Gasteiger partial charge >= 0.3 is 0 Å². The van der Waals surface area contributed by atoms with E-state index in [9.17, 15) is 4.79 Å². The van der Waals surface area contributed by atoms with Crippen LogP contribution in [0.25, 0.3) is 0 Å². The Balaban J connectivity index is 1.74. The van der Waals surface area contributed by atoms with Crippen molar-refractivity contribution in [2.45, 2.75) is 19.4 Å². The minimum atomic E-state index is -0.0231. The van der Waals surface area contributed by atoms with Crippen LogP contribution in [0, 0.1) is 0 Å². The number of amides is 1. The lowest BCUT2D eigenvalue weighted by Crippen LogP contribution is -2.24. The first-order valence-corrected chi connectivity index (χ1v) is 7.36. The van der Waals surface area contributed by atoms with Gasteiger partial charge in [0.1, 0.15) is 0 Å². The molecule has 0 heterocycles. The predicted octanol–water partition coefficient (Wildman–Crippen LogP) is 4.02. The molecule has 1 unspecified atom stereocenters. The summed E-state index contributed by atoms with van der Waals surface area (Å²) in [5.74, 6) is -0.0231. The summed E-state index contributed by atoms with van der Waals surface area (Å²) >= 11 is 5.88. The molecule has 1 atom stereocenters. The summed E-state index contributed by atoms with van der Waals surface area (Å²) in [5, 5.41) is 6.79. The van der Waals surface area contributed by atoms with Gasteiger partial charge in [0.25, 0.3) is 0 Å². The maximum atomic E-state index is 11.8. The van der Waals surface area contributed by atoms with Gasteiger partial charge in [0, 0.05) is 29.7 Å². The number of benzene rings is 2. The minimum absolute atomic E-state index is 0.0231. The molecule has 0 aliphatic carbocycles. The van der Waals surface area contributed by atoms with Gasteiger partial charge in [0.15, 0.2) is 0 Å². The van der Waals surface area contributed by atoms with E-state index in [4.69, 9.17) is 11.6 Å². The van der Waals surface area contributed by atoms with Crippen LogP contribution in [0.15, 0.2) is 54.6 Å². The summed E-state index contributed by atoms with van der Waals surface area (Å²) in [6, 6.07) is 17.5. The van der Waals surface area contributed by atoms with Gasteiger partial charge in [-0.1, -0.05) is 48.0 Å². The molecule has 0 aliphatic rings. The van der Waals surface area contributed by atoms with Crippen molar-refractivity contribution in [1.29, 1.82) is 0 Å². The van der Waals surface area contributed by atoms with Crippen molar-refractivity contribution in [3.8, 4) is 0 Å². The average Bonchev–Trinajstić information content (AvgIpc) is 2.48. The van der Waals surface area contributed by atoms with Crippen LogP contribution in [0.2, 0.25) is 5.02 Å². The van der Waals surface area contributed by atoms with Crippen molar-refractivity contribution in [3.05, 3.63) is 65.2 Å². The quantitative estimate of drug-likeness (QED) is 0.846. The molecular formula is C17H19ClN2O. The Hall–Kier alpha value is -1.84. The minimum Gasteiger partial charge on any atom is -0.326 e. The SMILES string of the molecule is CC(NCCC(=O)Nc1cccc(Cl)c1)c1ccccc1. The van der Waals surface area contributed by atoms with E-state index in [1.54, 1.807) is 12.1 Å². The molecule has 0 aliphatic heterocycles. The number of halogens is 1. The van der Waals surface area contributed by atoms with Crippen molar-refractivity contribution in [2.24, 2.45) is 0 Å². The molecule has 3 nitrogen and oxygen atoms in total. The Morgan fingerprint density at radius 2 is 1.90 bits per heavy atom. The Bertz CT molecular complexity index is 586. The van der Waals surface area contributed by atoms with Crippen molar-refractivity contribution in [2.75, 3.05) is 11.9 Å².